The van der Waals surface area contributed by atoms with Crippen molar-refractivity contribution >= 4 is 28.6 Å². The zero-order valence-electron chi connectivity index (χ0n) is 17.7. The summed E-state index contributed by atoms with van der Waals surface area (Å²) in [5.41, 5.74) is 0.813. The maximum absolute atomic E-state index is 13.1. The van der Waals surface area contributed by atoms with Gasteiger partial charge in [-0.25, -0.2) is 4.79 Å². The molecule has 2 aromatic carbocycles. The van der Waals surface area contributed by atoms with Gasteiger partial charge in [0, 0.05) is 0 Å². The molecule has 4 atom stereocenters. The van der Waals surface area contributed by atoms with Gasteiger partial charge < -0.3 is 19.7 Å². The smallest absolute Gasteiger partial charge is 0.330 e. The minimum atomic E-state index is -1.58. The van der Waals surface area contributed by atoms with Crippen LogP contribution < -0.4 is 10.1 Å². The molecule has 0 saturated carbocycles. The van der Waals surface area contributed by atoms with Gasteiger partial charge in [0.25, 0.3) is 5.91 Å². The molecule has 1 unspecified atom stereocenters. The van der Waals surface area contributed by atoms with Crippen molar-refractivity contribution in [3.8, 4) is 5.75 Å². The van der Waals surface area contributed by atoms with Crippen LogP contribution in [0.4, 0.5) is 0 Å². The van der Waals surface area contributed by atoms with Crippen molar-refractivity contribution in [2.24, 2.45) is 0 Å². The van der Waals surface area contributed by atoms with Crippen LogP contribution in [-0.4, -0.2) is 55.7 Å². The number of carbonyl (C=O) groups excluding carboxylic acids is 3. The number of nitrogens with one attached hydrogen (secondary N) is 1. The molecular weight excluding hydrogens is 432 g/mol. The van der Waals surface area contributed by atoms with Crippen molar-refractivity contribution in [2.75, 3.05) is 6.61 Å². The number of nitrogens with zero attached hydrogens (tertiary/aromatic N) is 1. The van der Waals surface area contributed by atoms with Gasteiger partial charge >= 0.3 is 5.97 Å². The van der Waals surface area contributed by atoms with E-state index in [1.54, 1.807) is 38.1 Å². The minimum absolute atomic E-state index is 0.0581. The lowest BCUT2D eigenvalue weighted by molar-refractivity contribution is -0.165. The quantitative estimate of drug-likeness (QED) is 0.499. The van der Waals surface area contributed by atoms with Crippen LogP contribution in [0, 0.1) is 0 Å². The second kappa shape index (κ2) is 8.74. The fourth-order valence-electron chi connectivity index (χ4n) is 3.96. The third-order valence-corrected chi connectivity index (χ3v) is 7.83. The second-order valence-corrected chi connectivity index (χ2v) is 10.3. The van der Waals surface area contributed by atoms with Crippen LogP contribution in [-0.2, 0) is 36.5 Å². The summed E-state index contributed by atoms with van der Waals surface area (Å²) in [7, 11) is -1.58. The molecule has 2 heterocycles. The Bertz CT molecular complexity index is 1040. The molecule has 4 rings (SSSR count). The van der Waals surface area contributed by atoms with Gasteiger partial charge in [0.1, 0.15) is 29.8 Å². The van der Waals surface area contributed by atoms with Crippen molar-refractivity contribution in [3.05, 3.63) is 66.2 Å². The Kier molecular flexibility index (Phi) is 6.01. The van der Waals surface area contributed by atoms with E-state index in [1.165, 1.54) is 4.90 Å². The number of fused-ring (bicyclic) bond motifs is 1. The number of β-lactam (4-membered cyclic amide) rings is 1. The number of carbonyl (C=O) groups is 3. The first kappa shape index (κ1) is 22.0. The predicted octanol–water partition coefficient (Wildman–Crippen LogP) is 1.37. The van der Waals surface area contributed by atoms with Gasteiger partial charge in [0.05, 0.1) is 15.5 Å². The Balaban J connectivity index is 1.39. The summed E-state index contributed by atoms with van der Waals surface area (Å²) in [6.07, 6.45) is 0. The van der Waals surface area contributed by atoms with Crippen LogP contribution in [0.1, 0.15) is 19.4 Å². The molecule has 2 aromatic rings. The second-order valence-electron chi connectivity index (χ2n) is 8.18. The number of para-hydroxylation sites is 1. The molecule has 9 heteroatoms. The van der Waals surface area contributed by atoms with E-state index in [4.69, 9.17) is 9.47 Å². The van der Waals surface area contributed by atoms with Crippen LogP contribution in [0.15, 0.2) is 60.7 Å². The first-order valence-electron chi connectivity index (χ1n) is 10.2. The number of rotatable bonds is 7. The first-order valence-corrected chi connectivity index (χ1v) is 11.4. The molecule has 0 aromatic heterocycles. The molecule has 0 bridgehead atoms. The number of hydrogen-bond acceptors (Lipinski definition) is 6. The Morgan fingerprint density at radius 1 is 1.06 bits per heavy atom. The van der Waals surface area contributed by atoms with E-state index in [0.717, 1.165) is 5.56 Å². The molecule has 32 heavy (non-hydrogen) atoms. The van der Waals surface area contributed by atoms with Crippen molar-refractivity contribution < 1.29 is 28.1 Å². The Labute approximate surface area is 188 Å². The van der Waals surface area contributed by atoms with E-state index in [1.807, 2.05) is 36.4 Å². The molecule has 0 spiro atoms. The lowest BCUT2D eigenvalue weighted by Crippen LogP contribution is -2.71. The lowest BCUT2D eigenvalue weighted by atomic mass is 9.96. The Morgan fingerprint density at radius 2 is 1.69 bits per heavy atom. The van der Waals surface area contributed by atoms with E-state index in [2.05, 4.69) is 5.32 Å². The highest BCUT2D eigenvalue weighted by molar-refractivity contribution is 7.87. The summed E-state index contributed by atoms with van der Waals surface area (Å²) >= 11 is 0. The number of amides is 2. The van der Waals surface area contributed by atoms with E-state index in [9.17, 15) is 18.6 Å². The highest BCUT2D eigenvalue weighted by Crippen LogP contribution is 2.43. The summed E-state index contributed by atoms with van der Waals surface area (Å²) in [5, 5.41) is 1.81. The molecule has 8 nitrogen and oxygen atoms in total. The van der Waals surface area contributed by atoms with Crippen LogP contribution in [0.2, 0.25) is 0 Å². The van der Waals surface area contributed by atoms with Gasteiger partial charge in [-0.05, 0) is 31.5 Å². The van der Waals surface area contributed by atoms with E-state index < -0.39 is 50.8 Å². The normalized spacial score (nSPS) is 25.4. The van der Waals surface area contributed by atoms with Crippen LogP contribution in [0.25, 0.3) is 0 Å². The standard InChI is InChI=1S/C23H24N2O6S/c1-23(2)19(22(28)31-13-15-9-5-3-6-10-15)25-20(27)18(21(25)32(23)29)24-17(26)14-30-16-11-7-4-8-12-16/h3-12,18-19,21H,13-14H2,1-2H3,(H,24,26)/t18-,19+,21-,32?/m1/s1. The fraction of sp³-hybridized carbons (Fsp3) is 0.348. The molecular formula is C23H24N2O6S. The highest BCUT2D eigenvalue weighted by Gasteiger charge is 2.68. The molecule has 168 valence electrons. The molecule has 1 N–H and O–H groups in total. The zero-order valence-corrected chi connectivity index (χ0v) is 18.5. The summed E-state index contributed by atoms with van der Waals surface area (Å²) in [4.78, 5) is 39.2. The van der Waals surface area contributed by atoms with Gasteiger partial charge in [0.2, 0.25) is 5.91 Å². The van der Waals surface area contributed by atoms with E-state index >= 15 is 0 Å². The number of esters is 1. The summed E-state index contributed by atoms with van der Waals surface area (Å²) in [6.45, 7) is 3.11. The van der Waals surface area contributed by atoms with Crippen molar-refractivity contribution in [2.45, 2.75) is 42.7 Å². The Morgan fingerprint density at radius 3 is 2.34 bits per heavy atom. The van der Waals surface area contributed by atoms with Crippen LogP contribution in [0.5, 0.6) is 5.75 Å². The van der Waals surface area contributed by atoms with E-state index in [0.29, 0.717) is 5.75 Å². The molecule has 2 aliphatic heterocycles. The predicted molar refractivity (Wildman–Crippen MR) is 117 cm³/mol. The van der Waals surface area contributed by atoms with Crippen molar-refractivity contribution in [3.63, 3.8) is 0 Å². The summed E-state index contributed by atoms with van der Waals surface area (Å²) < 4.78 is 22.9. The third kappa shape index (κ3) is 4.00. The van der Waals surface area contributed by atoms with Crippen LogP contribution >= 0.6 is 0 Å². The van der Waals surface area contributed by atoms with Crippen LogP contribution in [0.3, 0.4) is 0 Å². The van der Waals surface area contributed by atoms with Gasteiger partial charge in [0.15, 0.2) is 6.61 Å². The average Bonchev–Trinajstić information content (AvgIpc) is 2.99. The SMILES string of the molecule is CC1(C)[C@H](C(=O)OCc2ccccc2)N2C(=O)[C@@H](NC(=O)COc3ccccc3)[C@H]2S1=O. The average molecular weight is 457 g/mol. The molecule has 0 aliphatic carbocycles. The monoisotopic (exact) mass is 456 g/mol. The van der Waals surface area contributed by atoms with Gasteiger partial charge in [-0.3, -0.25) is 13.8 Å². The molecule has 2 fully saturated rings. The van der Waals surface area contributed by atoms with Gasteiger partial charge in [-0.15, -0.1) is 0 Å². The molecule has 2 saturated heterocycles. The topological polar surface area (TPSA) is 102 Å². The van der Waals surface area contributed by atoms with Crippen molar-refractivity contribution in [1.29, 1.82) is 0 Å². The van der Waals surface area contributed by atoms with Crippen molar-refractivity contribution in [1.82, 2.24) is 10.2 Å². The summed E-state index contributed by atoms with van der Waals surface area (Å²) in [6, 6.07) is 16.0. The first-order chi connectivity index (χ1) is 15.3. The fourth-order valence-corrected chi connectivity index (χ4v) is 5.88. The maximum atomic E-state index is 13.1. The molecule has 0 radical (unpaired) electrons. The molecule has 2 aliphatic rings. The number of benzene rings is 2. The van der Waals surface area contributed by atoms with Gasteiger partial charge in [-0.2, -0.15) is 0 Å². The zero-order chi connectivity index (χ0) is 22.9. The maximum Gasteiger partial charge on any atom is 0.330 e. The highest BCUT2D eigenvalue weighted by atomic mass is 32.2. The number of hydrogen-bond donors (Lipinski definition) is 1. The minimum Gasteiger partial charge on any atom is -0.484 e. The van der Waals surface area contributed by atoms with E-state index in [-0.39, 0.29) is 13.2 Å². The van der Waals surface area contributed by atoms with Gasteiger partial charge in [-0.1, -0.05) is 48.5 Å². The largest absolute Gasteiger partial charge is 0.484 e. The molecule has 2 amide bonds. The Hall–Kier alpha value is -3.20. The summed E-state index contributed by atoms with van der Waals surface area (Å²) in [5.74, 6) is -1.04. The number of ether oxygens (including phenoxy) is 2. The lowest BCUT2D eigenvalue weighted by Gasteiger charge is -2.43. The third-order valence-electron chi connectivity index (χ3n) is 5.63.